The zero-order chi connectivity index (χ0) is 17.9. The molecule has 0 aliphatic carbocycles. The summed E-state index contributed by atoms with van der Waals surface area (Å²) in [6, 6.07) is 8.07. The van der Waals surface area contributed by atoms with E-state index in [2.05, 4.69) is 57.5 Å². The SMILES string of the molecule is Cc1cccc(C(C)C)c1NC(=O)C(C)N(C)Cc1csc(Br)c1. The summed E-state index contributed by atoms with van der Waals surface area (Å²) >= 11 is 5.15. The van der Waals surface area contributed by atoms with Crippen molar-refractivity contribution in [3.8, 4) is 0 Å². The van der Waals surface area contributed by atoms with Gasteiger partial charge in [0.15, 0.2) is 0 Å². The Balaban J connectivity index is 2.09. The molecule has 0 spiro atoms. The number of nitrogens with zero attached hydrogens (tertiary/aromatic N) is 1. The lowest BCUT2D eigenvalue weighted by molar-refractivity contribution is -0.120. The number of halogens is 1. The molecule has 5 heteroatoms. The molecule has 2 rings (SSSR count). The summed E-state index contributed by atoms with van der Waals surface area (Å²) in [4.78, 5) is 14.8. The fraction of sp³-hybridized carbons (Fsp3) is 0.421. The van der Waals surface area contributed by atoms with Crippen molar-refractivity contribution in [3.05, 3.63) is 50.1 Å². The molecule has 0 bridgehead atoms. The topological polar surface area (TPSA) is 32.3 Å². The molecule has 0 aliphatic heterocycles. The molecule has 1 unspecified atom stereocenters. The minimum atomic E-state index is -0.205. The van der Waals surface area contributed by atoms with E-state index in [1.165, 1.54) is 11.1 Å². The van der Waals surface area contributed by atoms with E-state index in [9.17, 15) is 4.79 Å². The fourth-order valence-electron chi connectivity index (χ4n) is 2.62. The molecule has 0 fully saturated rings. The Morgan fingerprint density at radius 2 is 2.04 bits per heavy atom. The van der Waals surface area contributed by atoms with Crippen molar-refractivity contribution in [2.24, 2.45) is 0 Å². The average Bonchev–Trinajstić information content (AvgIpc) is 2.93. The average molecular weight is 409 g/mol. The molecule has 1 atom stereocenters. The maximum Gasteiger partial charge on any atom is 0.241 e. The molecule has 0 radical (unpaired) electrons. The number of para-hydroxylation sites is 1. The van der Waals surface area contributed by atoms with Crippen molar-refractivity contribution >= 4 is 38.9 Å². The van der Waals surface area contributed by atoms with Crippen LogP contribution in [0, 0.1) is 6.92 Å². The number of thiophene rings is 1. The smallest absolute Gasteiger partial charge is 0.241 e. The molecule has 24 heavy (non-hydrogen) atoms. The lowest BCUT2D eigenvalue weighted by atomic mass is 9.98. The lowest BCUT2D eigenvalue weighted by Gasteiger charge is -2.25. The summed E-state index contributed by atoms with van der Waals surface area (Å²) < 4.78 is 1.12. The maximum atomic E-state index is 12.7. The van der Waals surface area contributed by atoms with E-state index >= 15 is 0 Å². The Hall–Kier alpha value is -1.17. The summed E-state index contributed by atoms with van der Waals surface area (Å²) in [7, 11) is 1.98. The van der Waals surface area contributed by atoms with Crippen LogP contribution in [0.25, 0.3) is 0 Å². The van der Waals surface area contributed by atoms with Crippen LogP contribution in [0.1, 0.15) is 43.4 Å². The molecule has 0 saturated carbocycles. The number of carbonyl (C=O) groups is 1. The molecule has 0 aliphatic rings. The lowest BCUT2D eigenvalue weighted by Crippen LogP contribution is -2.39. The van der Waals surface area contributed by atoms with Gasteiger partial charge in [-0.1, -0.05) is 32.0 Å². The summed E-state index contributed by atoms with van der Waals surface area (Å²) in [5, 5.41) is 5.26. The van der Waals surface area contributed by atoms with Gasteiger partial charge in [0.2, 0.25) is 5.91 Å². The number of anilines is 1. The van der Waals surface area contributed by atoms with Gasteiger partial charge in [0.05, 0.1) is 9.83 Å². The van der Waals surface area contributed by atoms with Gasteiger partial charge in [-0.3, -0.25) is 9.69 Å². The standard InChI is InChI=1S/C19H25BrN2OS/c1-12(2)16-8-6-7-13(3)18(16)21-19(23)14(4)22(5)10-15-9-17(20)24-11-15/h6-9,11-12,14H,10H2,1-5H3,(H,21,23). The second kappa shape index (κ2) is 8.28. The number of benzene rings is 1. The highest BCUT2D eigenvalue weighted by atomic mass is 79.9. The van der Waals surface area contributed by atoms with E-state index in [4.69, 9.17) is 0 Å². The van der Waals surface area contributed by atoms with Crippen LogP contribution in [0.15, 0.2) is 33.4 Å². The van der Waals surface area contributed by atoms with Gasteiger partial charge in [0.25, 0.3) is 0 Å². The quantitative estimate of drug-likeness (QED) is 0.693. The molecule has 0 saturated heterocycles. The molecular formula is C19H25BrN2OS. The van der Waals surface area contributed by atoms with Gasteiger partial charge in [0.1, 0.15) is 0 Å². The van der Waals surface area contributed by atoms with Crippen molar-refractivity contribution in [1.29, 1.82) is 0 Å². The Morgan fingerprint density at radius 3 is 2.62 bits per heavy atom. The maximum absolute atomic E-state index is 12.7. The monoisotopic (exact) mass is 408 g/mol. The number of amides is 1. The van der Waals surface area contributed by atoms with Crippen molar-refractivity contribution in [3.63, 3.8) is 0 Å². The van der Waals surface area contributed by atoms with Crippen LogP contribution in [-0.4, -0.2) is 23.9 Å². The van der Waals surface area contributed by atoms with Crippen LogP contribution >= 0.6 is 27.3 Å². The first kappa shape index (κ1) is 19.2. The Morgan fingerprint density at radius 1 is 1.33 bits per heavy atom. The van der Waals surface area contributed by atoms with E-state index in [0.717, 1.165) is 21.6 Å². The molecule has 1 heterocycles. The minimum absolute atomic E-state index is 0.0306. The Bertz CT molecular complexity index is 711. The van der Waals surface area contributed by atoms with Gasteiger partial charge >= 0.3 is 0 Å². The minimum Gasteiger partial charge on any atom is -0.324 e. The zero-order valence-electron chi connectivity index (χ0n) is 14.9. The van der Waals surface area contributed by atoms with E-state index in [1.807, 2.05) is 33.0 Å². The van der Waals surface area contributed by atoms with Crippen LogP contribution in [0.3, 0.4) is 0 Å². The number of hydrogen-bond acceptors (Lipinski definition) is 3. The molecule has 1 amide bonds. The number of nitrogens with one attached hydrogen (secondary N) is 1. The van der Waals surface area contributed by atoms with Gasteiger partial charge in [0, 0.05) is 12.2 Å². The summed E-state index contributed by atoms with van der Waals surface area (Å²) in [6.07, 6.45) is 0. The molecule has 130 valence electrons. The summed E-state index contributed by atoms with van der Waals surface area (Å²) in [5.74, 6) is 0.402. The van der Waals surface area contributed by atoms with Crippen LogP contribution in [0.2, 0.25) is 0 Å². The second-order valence-electron chi connectivity index (χ2n) is 6.53. The third-order valence-electron chi connectivity index (χ3n) is 4.27. The highest BCUT2D eigenvalue weighted by Crippen LogP contribution is 2.28. The molecule has 1 N–H and O–H groups in total. The number of carbonyl (C=O) groups excluding carboxylic acids is 1. The first-order valence-corrected chi connectivity index (χ1v) is 9.80. The fourth-order valence-corrected chi connectivity index (χ4v) is 3.82. The molecule has 2 aromatic rings. The van der Waals surface area contributed by atoms with Crippen molar-refractivity contribution in [2.75, 3.05) is 12.4 Å². The summed E-state index contributed by atoms with van der Waals surface area (Å²) in [5.41, 5.74) is 4.45. The van der Waals surface area contributed by atoms with Crippen LogP contribution in [0.4, 0.5) is 5.69 Å². The third kappa shape index (κ3) is 4.68. The van der Waals surface area contributed by atoms with E-state index in [1.54, 1.807) is 11.3 Å². The van der Waals surface area contributed by atoms with E-state index < -0.39 is 0 Å². The highest BCUT2D eigenvalue weighted by molar-refractivity contribution is 9.11. The first-order chi connectivity index (χ1) is 11.3. The van der Waals surface area contributed by atoms with Crippen molar-refractivity contribution in [1.82, 2.24) is 4.90 Å². The van der Waals surface area contributed by atoms with Gasteiger partial charge in [-0.2, -0.15) is 0 Å². The van der Waals surface area contributed by atoms with Crippen LogP contribution in [-0.2, 0) is 11.3 Å². The molecule has 3 nitrogen and oxygen atoms in total. The normalized spacial score (nSPS) is 12.7. The highest BCUT2D eigenvalue weighted by Gasteiger charge is 2.20. The predicted octanol–water partition coefficient (Wildman–Crippen LogP) is 5.40. The molecule has 1 aromatic heterocycles. The third-order valence-corrected chi connectivity index (χ3v) is 5.82. The largest absolute Gasteiger partial charge is 0.324 e. The van der Waals surface area contributed by atoms with Crippen molar-refractivity contribution in [2.45, 2.75) is 46.2 Å². The Labute approximate surface area is 157 Å². The second-order valence-corrected chi connectivity index (χ2v) is 8.82. The van der Waals surface area contributed by atoms with Gasteiger partial charge in [-0.05, 0) is 70.9 Å². The van der Waals surface area contributed by atoms with E-state index in [0.29, 0.717) is 5.92 Å². The predicted molar refractivity (Wildman–Crippen MR) is 107 cm³/mol. The van der Waals surface area contributed by atoms with Crippen LogP contribution < -0.4 is 5.32 Å². The molecular weight excluding hydrogens is 384 g/mol. The van der Waals surface area contributed by atoms with E-state index in [-0.39, 0.29) is 11.9 Å². The number of likely N-dealkylation sites (N-methyl/N-ethyl adjacent to an activating group) is 1. The van der Waals surface area contributed by atoms with Gasteiger partial charge in [-0.25, -0.2) is 0 Å². The van der Waals surface area contributed by atoms with Gasteiger partial charge < -0.3 is 5.32 Å². The zero-order valence-corrected chi connectivity index (χ0v) is 17.3. The summed E-state index contributed by atoms with van der Waals surface area (Å²) in [6.45, 7) is 9.03. The first-order valence-electron chi connectivity index (χ1n) is 8.13. The van der Waals surface area contributed by atoms with Gasteiger partial charge in [-0.15, -0.1) is 11.3 Å². The molecule has 1 aromatic carbocycles. The number of aryl methyl sites for hydroxylation is 1. The van der Waals surface area contributed by atoms with Crippen LogP contribution in [0.5, 0.6) is 0 Å². The Kier molecular flexibility index (Phi) is 6.61. The number of hydrogen-bond donors (Lipinski definition) is 1. The van der Waals surface area contributed by atoms with Crippen molar-refractivity contribution < 1.29 is 4.79 Å². The number of rotatable bonds is 6.